The maximum atomic E-state index is 12.0. The van der Waals surface area contributed by atoms with E-state index in [-0.39, 0.29) is 12.5 Å². The van der Waals surface area contributed by atoms with Crippen LogP contribution in [0, 0.1) is 0 Å². The number of ether oxygens (including phenoxy) is 1. The second-order valence-corrected chi connectivity index (χ2v) is 7.64. The van der Waals surface area contributed by atoms with Crippen molar-refractivity contribution in [2.45, 2.75) is 58.2 Å². The number of hydrogen-bond donors (Lipinski definition) is 2. The van der Waals surface area contributed by atoms with E-state index in [9.17, 15) is 9.59 Å². The number of carbonyl (C=O) groups is 2. The molecule has 0 radical (unpaired) electrons. The molecule has 8 heteroatoms. The number of nitrogens with zero attached hydrogens (tertiary/aromatic N) is 2. The van der Waals surface area contributed by atoms with E-state index in [0.717, 1.165) is 11.4 Å². The molecule has 0 aliphatic carbocycles. The molecule has 1 aromatic heterocycles. The van der Waals surface area contributed by atoms with Gasteiger partial charge in [-0.1, -0.05) is 6.42 Å². The Labute approximate surface area is 146 Å². The van der Waals surface area contributed by atoms with E-state index in [2.05, 4.69) is 4.98 Å². The minimum atomic E-state index is -0.983. The first-order valence-electron chi connectivity index (χ1n) is 7.98. The van der Waals surface area contributed by atoms with Crippen molar-refractivity contribution in [2.75, 3.05) is 13.1 Å². The van der Waals surface area contributed by atoms with E-state index in [0.29, 0.717) is 25.9 Å². The Morgan fingerprint density at radius 3 is 2.67 bits per heavy atom. The smallest absolute Gasteiger partial charge is 0.320 e. The number of unbranched alkanes of at least 4 members (excludes halogenated alkanes) is 1. The zero-order valence-electron chi connectivity index (χ0n) is 14.5. The molecule has 0 unspecified atom stereocenters. The Balaban J connectivity index is 2.49. The second-order valence-electron chi connectivity index (χ2n) is 6.66. The highest BCUT2D eigenvalue weighted by Crippen LogP contribution is 2.12. The van der Waals surface area contributed by atoms with Crippen LogP contribution in [0.4, 0.5) is 0 Å². The lowest BCUT2D eigenvalue weighted by atomic mass is 10.1. The summed E-state index contributed by atoms with van der Waals surface area (Å²) in [7, 11) is 0. The number of nitrogens with two attached hydrogens (primary N) is 1. The van der Waals surface area contributed by atoms with Crippen LogP contribution in [0.1, 0.15) is 45.0 Å². The third kappa shape index (κ3) is 8.95. The van der Waals surface area contributed by atoms with Gasteiger partial charge in [0.1, 0.15) is 16.7 Å². The van der Waals surface area contributed by atoms with E-state index in [4.69, 9.17) is 15.6 Å². The molecule has 1 heterocycles. The molecule has 1 rings (SSSR count). The molecule has 0 aliphatic rings. The topological polar surface area (TPSA) is 106 Å². The lowest BCUT2D eigenvalue weighted by Crippen LogP contribution is -2.35. The number of carboxylic acid groups (broad SMARTS) is 1. The summed E-state index contributed by atoms with van der Waals surface area (Å²) < 4.78 is 5.37. The predicted octanol–water partition coefficient (Wildman–Crippen LogP) is 1.87. The summed E-state index contributed by atoms with van der Waals surface area (Å²) in [6.07, 6.45) is 3.61. The SMILES string of the molecule is CC(C)(C)OC(=O)CN(CCCC[C@H](N)C(=O)O)Cc1nccs1. The third-order valence-corrected chi connectivity index (χ3v) is 3.94. The van der Waals surface area contributed by atoms with Gasteiger partial charge in [0.05, 0.1) is 13.1 Å². The molecule has 0 bridgehead atoms. The third-order valence-electron chi connectivity index (χ3n) is 3.17. The Morgan fingerprint density at radius 2 is 2.12 bits per heavy atom. The van der Waals surface area contributed by atoms with Crippen LogP contribution in [0.25, 0.3) is 0 Å². The monoisotopic (exact) mass is 357 g/mol. The molecular formula is C16H27N3O4S. The molecule has 0 fully saturated rings. The minimum Gasteiger partial charge on any atom is -0.480 e. The van der Waals surface area contributed by atoms with Crippen molar-refractivity contribution in [1.82, 2.24) is 9.88 Å². The molecular weight excluding hydrogens is 330 g/mol. The molecule has 136 valence electrons. The highest BCUT2D eigenvalue weighted by molar-refractivity contribution is 7.09. The van der Waals surface area contributed by atoms with Crippen molar-refractivity contribution in [3.05, 3.63) is 16.6 Å². The van der Waals surface area contributed by atoms with Gasteiger partial charge in [0.2, 0.25) is 0 Å². The fourth-order valence-electron chi connectivity index (χ4n) is 2.12. The average molecular weight is 357 g/mol. The van der Waals surface area contributed by atoms with E-state index in [1.807, 2.05) is 31.1 Å². The molecule has 7 nitrogen and oxygen atoms in total. The van der Waals surface area contributed by atoms with Gasteiger partial charge in [0.15, 0.2) is 0 Å². The zero-order chi connectivity index (χ0) is 18.2. The standard InChI is InChI=1S/C16H27N3O4S/c1-16(2,3)23-14(20)11-19(10-13-18-7-9-24-13)8-5-4-6-12(17)15(21)22/h7,9,12H,4-6,8,10-11,17H2,1-3H3,(H,21,22)/t12-/m0/s1. The van der Waals surface area contributed by atoms with Crippen molar-refractivity contribution in [3.8, 4) is 0 Å². The van der Waals surface area contributed by atoms with Crippen molar-refractivity contribution in [1.29, 1.82) is 0 Å². The van der Waals surface area contributed by atoms with Gasteiger partial charge in [-0.2, -0.15) is 0 Å². The van der Waals surface area contributed by atoms with Gasteiger partial charge in [0.25, 0.3) is 0 Å². The number of thiazole rings is 1. The first kappa shape index (κ1) is 20.5. The average Bonchev–Trinajstić information content (AvgIpc) is 2.93. The molecule has 0 aromatic carbocycles. The fourth-order valence-corrected chi connectivity index (χ4v) is 2.77. The Hall–Kier alpha value is -1.51. The molecule has 0 aliphatic heterocycles. The fraction of sp³-hybridized carbons (Fsp3) is 0.688. The number of aliphatic carboxylic acids is 1. The van der Waals surface area contributed by atoms with Crippen molar-refractivity contribution in [2.24, 2.45) is 5.73 Å². The maximum Gasteiger partial charge on any atom is 0.320 e. The van der Waals surface area contributed by atoms with Crippen molar-refractivity contribution in [3.63, 3.8) is 0 Å². The van der Waals surface area contributed by atoms with Crippen LogP contribution in [0.5, 0.6) is 0 Å². The molecule has 1 aromatic rings. The largest absolute Gasteiger partial charge is 0.480 e. The molecule has 1 atom stereocenters. The van der Waals surface area contributed by atoms with Gasteiger partial charge in [-0.05, 0) is 40.2 Å². The van der Waals surface area contributed by atoms with Gasteiger partial charge in [0, 0.05) is 11.6 Å². The number of carbonyl (C=O) groups excluding carboxylic acids is 1. The first-order valence-corrected chi connectivity index (χ1v) is 8.86. The molecule has 0 amide bonds. The van der Waals surface area contributed by atoms with E-state index in [1.165, 1.54) is 11.3 Å². The zero-order valence-corrected chi connectivity index (χ0v) is 15.3. The number of carboxylic acids is 1. The summed E-state index contributed by atoms with van der Waals surface area (Å²) in [6, 6.07) is -0.830. The highest BCUT2D eigenvalue weighted by Gasteiger charge is 2.20. The first-order chi connectivity index (χ1) is 11.2. The van der Waals surface area contributed by atoms with Gasteiger partial charge < -0.3 is 15.6 Å². The Kier molecular flexibility index (Phi) is 8.30. The molecule has 3 N–H and O–H groups in total. The maximum absolute atomic E-state index is 12.0. The lowest BCUT2D eigenvalue weighted by Gasteiger charge is -2.24. The molecule has 0 saturated heterocycles. The second kappa shape index (κ2) is 9.71. The van der Waals surface area contributed by atoms with Crippen LogP contribution in [0.2, 0.25) is 0 Å². The van der Waals surface area contributed by atoms with Crippen LogP contribution in [-0.4, -0.2) is 51.7 Å². The predicted molar refractivity (Wildman–Crippen MR) is 92.7 cm³/mol. The Morgan fingerprint density at radius 1 is 1.42 bits per heavy atom. The number of hydrogen-bond acceptors (Lipinski definition) is 7. The summed E-state index contributed by atoms with van der Waals surface area (Å²) in [5.74, 6) is -1.26. The minimum absolute atomic E-state index is 0.182. The van der Waals surface area contributed by atoms with Crippen LogP contribution in [-0.2, 0) is 20.9 Å². The van der Waals surface area contributed by atoms with Crippen LogP contribution in [0.3, 0.4) is 0 Å². The summed E-state index contributed by atoms with van der Waals surface area (Å²) in [4.78, 5) is 29.0. The summed E-state index contributed by atoms with van der Waals surface area (Å²) in [6.45, 7) is 6.92. The van der Waals surface area contributed by atoms with E-state index in [1.54, 1.807) is 6.20 Å². The van der Waals surface area contributed by atoms with Crippen molar-refractivity contribution >= 4 is 23.3 Å². The summed E-state index contributed by atoms with van der Waals surface area (Å²) in [5, 5.41) is 11.6. The van der Waals surface area contributed by atoms with Gasteiger partial charge >= 0.3 is 11.9 Å². The van der Waals surface area contributed by atoms with Gasteiger partial charge in [-0.25, -0.2) is 4.98 Å². The van der Waals surface area contributed by atoms with E-state index < -0.39 is 17.6 Å². The van der Waals surface area contributed by atoms with Crippen LogP contribution in [0.15, 0.2) is 11.6 Å². The molecule has 24 heavy (non-hydrogen) atoms. The quantitative estimate of drug-likeness (QED) is 0.486. The summed E-state index contributed by atoms with van der Waals surface area (Å²) in [5.41, 5.74) is 4.98. The summed E-state index contributed by atoms with van der Waals surface area (Å²) >= 11 is 1.54. The molecule has 0 saturated carbocycles. The number of rotatable bonds is 10. The molecule has 0 spiro atoms. The lowest BCUT2D eigenvalue weighted by molar-refractivity contribution is -0.156. The van der Waals surface area contributed by atoms with Gasteiger partial charge in [-0.15, -0.1) is 11.3 Å². The Bertz CT molecular complexity index is 514. The normalized spacial score (nSPS) is 13.0. The van der Waals surface area contributed by atoms with Crippen molar-refractivity contribution < 1.29 is 19.4 Å². The highest BCUT2D eigenvalue weighted by atomic mass is 32.1. The van der Waals surface area contributed by atoms with Crippen LogP contribution < -0.4 is 5.73 Å². The number of esters is 1. The van der Waals surface area contributed by atoms with Crippen LogP contribution >= 0.6 is 11.3 Å². The number of aromatic nitrogens is 1. The van der Waals surface area contributed by atoms with E-state index >= 15 is 0 Å². The van der Waals surface area contributed by atoms with Gasteiger partial charge in [-0.3, -0.25) is 14.5 Å².